The summed E-state index contributed by atoms with van der Waals surface area (Å²) in [5, 5.41) is 12.7. The highest BCUT2D eigenvalue weighted by Gasteiger charge is 2.27. The van der Waals surface area contributed by atoms with Crippen LogP contribution in [0.3, 0.4) is 0 Å². The Bertz CT molecular complexity index is 336. The van der Waals surface area contributed by atoms with E-state index in [1.54, 1.807) is 12.1 Å². The Morgan fingerprint density at radius 2 is 2.06 bits per heavy atom. The number of phenolic OH excluding ortho intramolecular Hbond substituents is 1. The van der Waals surface area contributed by atoms with Crippen molar-refractivity contribution in [3.63, 3.8) is 0 Å². The van der Waals surface area contributed by atoms with Crippen LogP contribution in [0.5, 0.6) is 5.75 Å². The summed E-state index contributed by atoms with van der Waals surface area (Å²) in [6, 6.07) is 7.94. The Kier molecular flexibility index (Phi) is 3.46. The summed E-state index contributed by atoms with van der Waals surface area (Å²) in [6.07, 6.45) is 1.24. The van der Waals surface area contributed by atoms with Gasteiger partial charge in [0.05, 0.1) is 0 Å². The second-order valence-electron chi connectivity index (χ2n) is 4.67. The highest BCUT2D eigenvalue weighted by molar-refractivity contribution is 5.28. The molecule has 1 saturated heterocycles. The molecule has 0 amide bonds. The average Bonchev–Trinajstić information content (AvgIpc) is 2.69. The van der Waals surface area contributed by atoms with Gasteiger partial charge in [-0.2, -0.15) is 0 Å². The van der Waals surface area contributed by atoms with Gasteiger partial charge in [0.15, 0.2) is 0 Å². The lowest BCUT2D eigenvalue weighted by Crippen LogP contribution is -2.27. The molecule has 0 radical (unpaired) electrons. The number of rotatable bonds is 3. The number of benzene rings is 1. The van der Waals surface area contributed by atoms with Gasteiger partial charge in [-0.05, 0) is 50.7 Å². The fraction of sp³-hybridized carbons (Fsp3) is 0.538. The standard InChI is InChI=1S/C13H20N2O/c1-14-13(11-7-8-15(2)9-11)10-3-5-12(16)6-4-10/h3-6,11,13-14,16H,7-9H2,1-2H3. The van der Waals surface area contributed by atoms with Gasteiger partial charge in [0.1, 0.15) is 5.75 Å². The number of nitrogens with zero attached hydrogens (tertiary/aromatic N) is 1. The third-order valence-electron chi connectivity index (χ3n) is 3.46. The molecule has 1 fully saturated rings. The van der Waals surface area contributed by atoms with Crippen LogP contribution in [0.1, 0.15) is 18.0 Å². The molecule has 2 N–H and O–H groups in total. The van der Waals surface area contributed by atoms with Crippen LogP contribution in [0, 0.1) is 5.92 Å². The summed E-state index contributed by atoms with van der Waals surface area (Å²) in [7, 11) is 4.18. The van der Waals surface area contributed by atoms with Crippen LogP contribution < -0.4 is 5.32 Å². The third-order valence-corrected chi connectivity index (χ3v) is 3.46. The van der Waals surface area contributed by atoms with E-state index in [1.165, 1.54) is 18.5 Å². The predicted molar refractivity (Wildman–Crippen MR) is 65.5 cm³/mol. The molecule has 0 saturated carbocycles. The summed E-state index contributed by atoms with van der Waals surface area (Å²) in [5.74, 6) is 1.00. The molecule has 0 spiro atoms. The zero-order valence-electron chi connectivity index (χ0n) is 9.98. The van der Waals surface area contributed by atoms with E-state index in [1.807, 2.05) is 19.2 Å². The van der Waals surface area contributed by atoms with E-state index >= 15 is 0 Å². The van der Waals surface area contributed by atoms with E-state index in [-0.39, 0.29) is 0 Å². The van der Waals surface area contributed by atoms with Gasteiger partial charge in [-0.25, -0.2) is 0 Å². The molecule has 2 atom stereocenters. The number of hydrogen-bond donors (Lipinski definition) is 2. The fourth-order valence-electron chi connectivity index (χ4n) is 2.60. The summed E-state index contributed by atoms with van der Waals surface area (Å²) < 4.78 is 0. The van der Waals surface area contributed by atoms with Crippen LogP contribution in [0.25, 0.3) is 0 Å². The third kappa shape index (κ3) is 2.36. The Morgan fingerprint density at radius 1 is 1.38 bits per heavy atom. The molecule has 1 heterocycles. The molecule has 1 aliphatic rings. The zero-order chi connectivity index (χ0) is 11.5. The Morgan fingerprint density at radius 3 is 2.56 bits per heavy atom. The summed E-state index contributed by atoms with van der Waals surface area (Å²) in [6.45, 7) is 2.33. The molecule has 1 aromatic rings. The van der Waals surface area contributed by atoms with E-state index < -0.39 is 0 Å². The molecule has 3 heteroatoms. The molecule has 2 unspecified atom stereocenters. The van der Waals surface area contributed by atoms with Gasteiger partial charge in [-0.3, -0.25) is 0 Å². The summed E-state index contributed by atoms with van der Waals surface area (Å²) in [5.41, 5.74) is 1.26. The topological polar surface area (TPSA) is 35.5 Å². The van der Waals surface area contributed by atoms with Crippen molar-refractivity contribution in [3.05, 3.63) is 29.8 Å². The van der Waals surface area contributed by atoms with E-state index in [0.717, 1.165) is 6.54 Å². The van der Waals surface area contributed by atoms with Gasteiger partial charge in [-0.15, -0.1) is 0 Å². The van der Waals surface area contributed by atoms with Crippen molar-refractivity contribution in [2.75, 3.05) is 27.2 Å². The first-order valence-corrected chi connectivity index (χ1v) is 5.85. The van der Waals surface area contributed by atoms with Gasteiger partial charge in [-0.1, -0.05) is 12.1 Å². The largest absolute Gasteiger partial charge is 0.508 e. The van der Waals surface area contributed by atoms with Crippen LogP contribution >= 0.6 is 0 Å². The van der Waals surface area contributed by atoms with Gasteiger partial charge in [0, 0.05) is 12.6 Å². The van der Waals surface area contributed by atoms with Crippen LogP contribution in [-0.2, 0) is 0 Å². The summed E-state index contributed by atoms with van der Waals surface area (Å²) in [4.78, 5) is 2.37. The second kappa shape index (κ2) is 4.85. The maximum atomic E-state index is 9.29. The number of phenols is 1. The van der Waals surface area contributed by atoms with Gasteiger partial charge in [0.25, 0.3) is 0 Å². The minimum atomic E-state index is 0.335. The molecule has 1 aliphatic heterocycles. The number of aromatic hydroxyl groups is 1. The first-order valence-electron chi connectivity index (χ1n) is 5.85. The Labute approximate surface area is 97.1 Å². The van der Waals surface area contributed by atoms with Crippen molar-refractivity contribution in [2.45, 2.75) is 12.5 Å². The zero-order valence-corrected chi connectivity index (χ0v) is 9.98. The van der Waals surface area contributed by atoms with Crippen molar-refractivity contribution < 1.29 is 5.11 Å². The minimum Gasteiger partial charge on any atom is -0.508 e. The minimum absolute atomic E-state index is 0.335. The first kappa shape index (κ1) is 11.4. The van der Waals surface area contributed by atoms with Gasteiger partial charge < -0.3 is 15.3 Å². The molecule has 0 aliphatic carbocycles. The van der Waals surface area contributed by atoms with Crippen LogP contribution in [0.4, 0.5) is 0 Å². The lowest BCUT2D eigenvalue weighted by atomic mass is 9.92. The van der Waals surface area contributed by atoms with Crippen LogP contribution in [-0.4, -0.2) is 37.2 Å². The number of hydrogen-bond acceptors (Lipinski definition) is 3. The lowest BCUT2D eigenvalue weighted by Gasteiger charge is -2.23. The van der Waals surface area contributed by atoms with Crippen LogP contribution in [0.15, 0.2) is 24.3 Å². The summed E-state index contributed by atoms with van der Waals surface area (Å²) >= 11 is 0. The van der Waals surface area contributed by atoms with Crippen molar-refractivity contribution >= 4 is 0 Å². The SMILES string of the molecule is CNC(c1ccc(O)cc1)C1CCN(C)C1. The molecule has 16 heavy (non-hydrogen) atoms. The van der Waals surface area contributed by atoms with E-state index in [2.05, 4.69) is 17.3 Å². The normalized spacial score (nSPS) is 23.5. The molecule has 1 aromatic carbocycles. The molecule has 0 bridgehead atoms. The predicted octanol–water partition coefficient (Wildman–Crippen LogP) is 1.60. The molecular formula is C13H20N2O. The van der Waals surface area contributed by atoms with Crippen LogP contribution in [0.2, 0.25) is 0 Å². The average molecular weight is 220 g/mol. The number of nitrogens with one attached hydrogen (secondary N) is 1. The van der Waals surface area contributed by atoms with E-state index in [9.17, 15) is 5.11 Å². The second-order valence-corrected chi connectivity index (χ2v) is 4.67. The van der Waals surface area contributed by atoms with E-state index in [4.69, 9.17) is 0 Å². The number of likely N-dealkylation sites (tertiary alicyclic amines) is 1. The fourth-order valence-corrected chi connectivity index (χ4v) is 2.60. The smallest absolute Gasteiger partial charge is 0.115 e. The highest BCUT2D eigenvalue weighted by Crippen LogP contribution is 2.29. The quantitative estimate of drug-likeness (QED) is 0.812. The van der Waals surface area contributed by atoms with Crippen molar-refractivity contribution in [2.24, 2.45) is 5.92 Å². The molecule has 0 aromatic heterocycles. The molecule has 88 valence electrons. The maximum absolute atomic E-state index is 9.29. The molecule has 2 rings (SSSR count). The van der Waals surface area contributed by atoms with Crippen molar-refractivity contribution in [1.29, 1.82) is 0 Å². The first-order chi connectivity index (χ1) is 7.70. The van der Waals surface area contributed by atoms with Crippen molar-refractivity contribution in [1.82, 2.24) is 10.2 Å². The Balaban J connectivity index is 2.13. The highest BCUT2D eigenvalue weighted by atomic mass is 16.3. The lowest BCUT2D eigenvalue weighted by molar-refractivity contribution is 0.350. The molecular weight excluding hydrogens is 200 g/mol. The molecule has 3 nitrogen and oxygen atoms in total. The van der Waals surface area contributed by atoms with Crippen molar-refractivity contribution in [3.8, 4) is 5.75 Å². The maximum Gasteiger partial charge on any atom is 0.115 e. The van der Waals surface area contributed by atoms with Gasteiger partial charge >= 0.3 is 0 Å². The monoisotopic (exact) mass is 220 g/mol. The van der Waals surface area contributed by atoms with Gasteiger partial charge in [0.2, 0.25) is 0 Å². The van der Waals surface area contributed by atoms with E-state index in [0.29, 0.717) is 17.7 Å². The Hall–Kier alpha value is -1.06.